The lowest BCUT2D eigenvalue weighted by Gasteiger charge is -2.34. The van der Waals surface area contributed by atoms with Gasteiger partial charge in [0.05, 0.1) is 87.6 Å². The molecule has 284 valence electrons. The highest BCUT2D eigenvalue weighted by Crippen LogP contribution is 2.33. The molecule has 3 aromatic rings. The van der Waals surface area contributed by atoms with Crippen LogP contribution in [0.5, 0.6) is 0 Å². The number of ether oxygens (including phenoxy) is 3. The molecule has 0 radical (unpaired) electrons. The lowest BCUT2D eigenvalue weighted by Crippen LogP contribution is -2.51. The monoisotopic (exact) mass is 786 g/mol. The van der Waals surface area contributed by atoms with Crippen molar-refractivity contribution in [3.63, 3.8) is 0 Å². The highest BCUT2D eigenvalue weighted by Gasteiger charge is 2.29. The summed E-state index contributed by atoms with van der Waals surface area (Å²) in [5, 5.41) is 26.5. The van der Waals surface area contributed by atoms with E-state index in [1.807, 2.05) is 24.0 Å². The lowest BCUT2D eigenvalue weighted by atomic mass is 10.1. The minimum absolute atomic E-state index is 0.110. The van der Waals surface area contributed by atoms with Crippen LogP contribution in [-0.2, 0) is 19.0 Å². The Kier molecular flexibility index (Phi) is 17.8. The number of piperazine rings is 1. The zero-order chi connectivity index (χ0) is 38.0. The molecular formula is C37H45Cl3N8O5. The Morgan fingerprint density at radius 3 is 2.00 bits per heavy atom. The summed E-state index contributed by atoms with van der Waals surface area (Å²) in [6.07, 6.45) is 0.704. The van der Waals surface area contributed by atoms with Crippen LogP contribution >= 0.6 is 34.8 Å². The van der Waals surface area contributed by atoms with E-state index >= 15 is 0 Å². The van der Waals surface area contributed by atoms with Gasteiger partial charge in [0, 0.05) is 73.5 Å². The van der Waals surface area contributed by atoms with Gasteiger partial charge in [0.2, 0.25) is 5.91 Å². The molecular weight excluding hydrogens is 743 g/mol. The highest BCUT2D eigenvalue weighted by atomic mass is 35.5. The standard InChI is InChI=1S/C37H45Cl3N8O5/c1-28-35(44-48(33-9-8-31(39)26-32(33)40)36(28)29-4-6-30(38)7-5-29)37(50)47-15-13-46(14-16-47)27-34(49)43-12-22-53-25-19-45(17-23-51-20-2-10-41)18-24-52-21-3-11-42/h4-9,26H,2-3,12-25,27H2,1H3,(H,43,49). The summed E-state index contributed by atoms with van der Waals surface area (Å²) < 4.78 is 18.4. The average molecular weight is 788 g/mol. The van der Waals surface area contributed by atoms with Crippen LogP contribution < -0.4 is 5.32 Å². The van der Waals surface area contributed by atoms with Crippen molar-refractivity contribution in [3.05, 3.63) is 68.8 Å². The first-order valence-corrected chi connectivity index (χ1v) is 18.6. The zero-order valence-electron chi connectivity index (χ0n) is 29.9. The van der Waals surface area contributed by atoms with Crippen molar-refractivity contribution in [3.8, 4) is 29.1 Å². The second-order valence-corrected chi connectivity index (χ2v) is 13.5. The molecule has 0 atom stereocenters. The van der Waals surface area contributed by atoms with Crippen LogP contribution in [0.4, 0.5) is 0 Å². The molecule has 1 aromatic heterocycles. The van der Waals surface area contributed by atoms with Gasteiger partial charge < -0.3 is 24.4 Å². The second kappa shape index (κ2) is 22.5. The molecule has 1 aliphatic rings. The van der Waals surface area contributed by atoms with E-state index in [2.05, 4.69) is 22.4 Å². The summed E-state index contributed by atoms with van der Waals surface area (Å²) in [5.41, 5.74) is 3.18. The number of carbonyl (C=O) groups is 2. The molecule has 0 unspecified atom stereocenters. The summed E-state index contributed by atoms with van der Waals surface area (Å²) in [6, 6.07) is 16.6. The average Bonchev–Trinajstić information content (AvgIpc) is 3.48. The summed E-state index contributed by atoms with van der Waals surface area (Å²) in [7, 11) is 0. The van der Waals surface area contributed by atoms with Gasteiger partial charge >= 0.3 is 0 Å². The minimum Gasteiger partial charge on any atom is -0.379 e. The summed E-state index contributed by atoms with van der Waals surface area (Å²) in [6.45, 7) is 9.03. The SMILES string of the molecule is Cc1c(C(=O)N2CCN(CC(=O)NCCOCCN(CCOCCC#N)CCOCCC#N)CC2)nn(-c2ccc(Cl)cc2Cl)c1-c1ccc(Cl)cc1. The summed E-state index contributed by atoms with van der Waals surface area (Å²) in [4.78, 5) is 32.5. The molecule has 53 heavy (non-hydrogen) atoms. The Morgan fingerprint density at radius 2 is 1.42 bits per heavy atom. The molecule has 2 heterocycles. The predicted molar refractivity (Wildman–Crippen MR) is 203 cm³/mol. The number of halogens is 3. The topological polar surface area (TPSA) is 149 Å². The van der Waals surface area contributed by atoms with Gasteiger partial charge in [0.15, 0.2) is 5.69 Å². The maximum atomic E-state index is 13.8. The second-order valence-electron chi connectivity index (χ2n) is 12.2. The number of amides is 2. The molecule has 1 saturated heterocycles. The van der Waals surface area contributed by atoms with E-state index in [4.69, 9.17) is 64.6 Å². The van der Waals surface area contributed by atoms with E-state index in [1.54, 1.807) is 39.9 Å². The number of nitriles is 2. The smallest absolute Gasteiger partial charge is 0.274 e. The summed E-state index contributed by atoms with van der Waals surface area (Å²) >= 11 is 18.9. The van der Waals surface area contributed by atoms with Gasteiger partial charge in [-0.15, -0.1) is 0 Å². The van der Waals surface area contributed by atoms with E-state index in [1.165, 1.54) is 0 Å². The third-order valence-corrected chi connectivity index (χ3v) is 9.34. The normalized spacial score (nSPS) is 13.2. The fraction of sp³-hybridized carbons (Fsp3) is 0.486. The Bertz CT molecular complexity index is 1690. The maximum Gasteiger partial charge on any atom is 0.274 e. The number of benzene rings is 2. The molecule has 16 heteroatoms. The first-order chi connectivity index (χ1) is 25.7. The molecule has 0 aliphatic carbocycles. The number of rotatable bonds is 21. The van der Waals surface area contributed by atoms with Crippen LogP contribution in [-0.4, -0.2) is 135 Å². The van der Waals surface area contributed by atoms with Crippen molar-refractivity contribution in [2.45, 2.75) is 19.8 Å². The van der Waals surface area contributed by atoms with Crippen molar-refractivity contribution in [2.75, 3.05) is 98.5 Å². The van der Waals surface area contributed by atoms with Crippen LogP contribution in [0.15, 0.2) is 42.5 Å². The van der Waals surface area contributed by atoms with Crippen molar-refractivity contribution in [1.82, 2.24) is 29.8 Å². The molecule has 0 spiro atoms. The van der Waals surface area contributed by atoms with E-state index in [0.29, 0.717) is 137 Å². The van der Waals surface area contributed by atoms with Gasteiger partial charge in [-0.25, -0.2) is 4.68 Å². The predicted octanol–water partition coefficient (Wildman–Crippen LogP) is 4.86. The summed E-state index contributed by atoms with van der Waals surface area (Å²) in [5.74, 6) is -0.305. The fourth-order valence-electron chi connectivity index (χ4n) is 5.71. The first kappa shape index (κ1) is 42.0. The molecule has 4 rings (SSSR count). The van der Waals surface area contributed by atoms with Gasteiger partial charge in [-0.05, 0) is 37.3 Å². The van der Waals surface area contributed by atoms with Crippen LogP contribution in [0.2, 0.25) is 15.1 Å². The fourth-order valence-corrected chi connectivity index (χ4v) is 6.33. The number of nitrogens with zero attached hydrogens (tertiary/aromatic N) is 7. The minimum atomic E-state index is -0.195. The van der Waals surface area contributed by atoms with Crippen LogP contribution in [0, 0.1) is 29.6 Å². The van der Waals surface area contributed by atoms with Crippen LogP contribution in [0.3, 0.4) is 0 Å². The van der Waals surface area contributed by atoms with Crippen molar-refractivity contribution in [1.29, 1.82) is 10.5 Å². The largest absolute Gasteiger partial charge is 0.379 e. The van der Waals surface area contributed by atoms with Gasteiger partial charge in [-0.2, -0.15) is 15.6 Å². The highest BCUT2D eigenvalue weighted by molar-refractivity contribution is 6.35. The number of hydrogen-bond acceptors (Lipinski definition) is 10. The van der Waals surface area contributed by atoms with Crippen molar-refractivity contribution in [2.24, 2.45) is 0 Å². The van der Waals surface area contributed by atoms with Crippen LogP contribution in [0.25, 0.3) is 16.9 Å². The molecule has 13 nitrogen and oxygen atoms in total. The van der Waals surface area contributed by atoms with Gasteiger partial charge in [0.1, 0.15) is 0 Å². The quantitative estimate of drug-likeness (QED) is 0.149. The van der Waals surface area contributed by atoms with Gasteiger partial charge in [0.25, 0.3) is 5.91 Å². The Labute approximate surface area is 325 Å². The van der Waals surface area contributed by atoms with Crippen LogP contribution in [0.1, 0.15) is 28.9 Å². The van der Waals surface area contributed by atoms with E-state index in [9.17, 15) is 9.59 Å². The Hall–Kier alpha value is -3.76. The first-order valence-electron chi connectivity index (χ1n) is 17.5. The van der Waals surface area contributed by atoms with Crippen molar-refractivity contribution < 1.29 is 23.8 Å². The van der Waals surface area contributed by atoms with Gasteiger partial charge in [-0.3, -0.25) is 19.4 Å². The Balaban J connectivity index is 1.22. The number of nitrogens with one attached hydrogen (secondary N) is 1. The van der Waals surface area contributed by atoms with E-state index in [-0.39, 0.29) is 18.4 Å². The van der Waals surface area contributed by atoms with Gasteiger partial charge in [-0.1, -0.05) is 46.9 Å². The third-order valence-electron chi connectivity index (χ3n) is 8.55. The molecule has 2 aromatic carbocycles. The molecule has 1 fully saturated rings. The number of hydrogen-bond donors (Lipinski definition) is 1. The lowest BCUT2D eigenvalue weighted by molar-refractivity contribution is -0.122. The maximum absolute atomic E-state index is 13.8. The third kappa shape index (κ3) is 13.2. The molecule has 1 aliphatic heterocycles. The Morgan fingerprint density at radius 1 is 0.830 bits per heavy atom. The van der Waals surface area contributed by atoms with E-state index in [0.717, 1.165) is 11.3 Å². The molecule has 2 amide bonds. The zero-order valence-corrected chi connectivity index (χ0v) is 32.1. The molecule has 0 bridgehead atoms. The molecule has 0 saturated carbocycles. The number of aromatic nitrogens is 2. The van der Waals surface area contributed by atoms with Crippen molar-refractivity contribution >= 4 is 46.6 Å². The molecule has 1 N–H and O–H groups in total. The van der Waals surface area contributed by atoms with E-state index < -0.39 is 0 Å². The number of carbonyl (C=O) groups excluding carboxylic acids is 2.